The molecule has 1 unspecified atom stereocenters. The summed E-state index contributed by atoms with van der Waals surface area (Å²) >= 11 is 1.70. The molecule has 0 aromatic carbocycles. The monoisotopic (exact) mass is 241 g/mol. The third kappa shape index (κ3) is 1.97. The van der Waals surface area contributed by atoms with Crippen LogP contribution in [0.15, 0.2) is 23.0 Å². The van der Waals surface area contributed by atoms with Crippen LogP contribution in [0, 0.1) is 0 Å². The van der Waals surface area contributed by atoms with Crippen molar-refractivity contribution < 1.29 is 14.3 Å². The molecule has 1 fully saturated rings. The van der Waals surface area contributed by atoms with Crippen molar-refractivity contribution in [3.8, 4) is 0 Å². The molecule has 0 spiro atoms. The first kappa shape index (κ1) is 11.5. The SMILES string of the molecule is CN(Cc1ccoc1)C1(C(=O)O)CCSC1. The Kier molecular flexibility index (Phi) is 3.25. The van der Waals surface area contributed by atoms with Crippen LogP contribution in [0.1, 0.15) is 12.0 Å². The second-order valence-electron chi connectivity index (χ2n) is 4.13. The van der Waals surface area contributed by atoms with Gasteiger partial charge in [0.05, 0.1) is 12.5 Å². The standard InChI is InChI=1S/C11H15NO3S/c1-12(6-9-2-4-15-7-9)11(10(13)14)3-5-16-8-11/h2,4,7H,3,5-6,8H2,1H3,(H,13,14). The van der Waals surface area contributed by atoms with E-state index in [1.165, 1.54) is 0 Å². The van der Waals surface area contributed by atoms with E-state index in [1.54, 1.807) is 24.3 Å². The molecule has 1 N–H and O–H groups in total. The lowest BCUT2D eigenvalue weighted by atomic mass is 9.97. The van der Waals surface area contributed by atoms with Gasteiger partial charge in [-0.3, -0.25) is 9.69 Å². The summed E-state index contributed by atoms with van der Waals surface area (Å²) in [5, 5.41) is 9.38. The smallest absolute Gasteiger partial charge is 0.325 e. The van der Waals surface area contributed by atoms with E-state index < -0.39 is 11.5 Å². The normalized spacial score (nSPS) is 25.1. The van der Waals surface area contributed by atoms with Gasteiger partial charge in [0.15, 0.2) is 0 Å². The molecule has 0 saturated carbocycles. The van der Waals surface area contributed by atoms with Crippen LogP contribution in [0.2, 0.25) is 0 Å². The van der Waals surface area contributed by atoms with Crippen LogP contribution in [0.25, 0.3) is 0 Å². The zero-order valence-corrected chi connectivity index (χ0v) is 10.00. The first-order chi connectivity index (χ1) is 7.65. The summed E-state index contributed by atoms with van der Waals surface area (Å²) in [6.45, 7) is 0.614. The van der Waals surface area contributed by atoms with Gasteiger partial charge in [-0.2, -0.15) is 11.8 Å². The van der Waals surface area contributed by atoms with Crippen LogP contribution in [-0.4, -0.2) is 40.1 Å². The molecule has 1 aliphatic heterocycles. The lowest BCUT2D eigenvalue weighted by Gasteiger charge is -2.33. The molecule has 0 aliphatic carbocycles. The number of rotatable bonds is 4. The Morgan fingerprint density at radius 2 is 2.56 bits per heavy atom. The number of carboxylic acid groups (broad SMARTS) is 1. The van der Waals surface area contributed by atoms with Crippen molar-refractivity contribution >= 4 is 17.7 Å². The Labute approximate surface area is 98.6 Å². The van der Waals surface area contributed by atoms with Crippen LogP contribution in [0.5, 0.6) is 0 Å². The van der Waals surface area contributed by atoms with Crippen LogP contribution < -0.4 is 0 Å². The van der Waals surface area contributed by atoms with Crippen LogP contribution in [0.4, 0.5) is 0 Å². The van der Waals surface area contributed by atoms with Gasteiger partial charge in [0.1, 0.15) is 5.54 Å². The number of furan rings is 1. The molecule has 2 heterocycles. The summed E-state index contributed by atoms with van der Waals surface area (Å²) in [6, 6.07) is 1.87. The number of likely N-dealkylation sites (N-methyl/N-ethyl adjacent to an activating group) is 1. The molecular formula is C11H15NO3S. The second-order valence-corrected chi connectivity index (χ2v) is 5.23. The molecule has 2 rings (SSSR count). The van der Waals surface area contributed by atoms with E-state index in [1.807, 2.05) is 18.0 Å². The molecule has 1 aromatic heterocycles. The van der Waals surface area contributed by atoms with E-state index in [0.29, 0.717) is 18.7 Å². The Hall–Kier alpha value is -0.940. The van der Waals surface area contributed by atoms with Gasteiger partial charge in [-0.1, -0.05) is 0 Å². The maximum atomic E-state index is 11.4. The summed E-state index contributed by atoms with van der Waals surface area (Å²) in [7, 11) is 1.87. The summed E-state index contributed by atoms with van der Waals surface area (Å²) in [5.74, 6) is 0.863. The van der Waals surface area contributed by atoms with Crippen LogP contribution in [0.3, 0.4) is 0 Å². The van der Waals surface area contributed by atoms with E-state index in [0.717, 1.165) is 11.3 Å². The fourth-order valence-corrected chi connectivity index (χ4v) is 3.45. The quantitative estimate of drug-likeness (QED) is 0.869. The minimum atomic E-state index is -0.719. The lowest BCUT2D eigenvalue weighted by Crippen LogP contribution is -2.52. The molecule has 4 nitrogen and oxygen atoms in total. The van der Waals surface area contributed by atoms with Crippen molar-refractivity contribution in [2.75, 3.05) is 18.6 Å². The predicted octanol–water partition coefficient (Wildman–Crippen LogP) is 1.67. The summed E-state index contributed by atoms with van der Waals surface area (Å²) in [6.07, 6.45) is 3.98. The van der Waals surface area contributed by atoms with Gasteiger partial charge in [-0.15, -0.1) is 0 Å². The maximum Gasteiger partial charge on any atom is 0.325 e. The van der Waals surface area contributed by atoms with Gasteiger partial charge in [0.2, 0.25) is 0 Å². The van der Waals surface area contributed by atoms with Crippen molar-refractivity contribution in [2.45, 2.75) is 18.5 Å². The zero-order chi connectivity index (χ0) is 11.6. The molecule has 0 amide bonds. The van der Waals surface area contributed by atoms with Crippen molar-refractivity contribution in [3.63, 3.8) is 0 Å². The first-order valence-electron chi connectivity index (χ1n) is 5.18. The molecular weight excluding hydrogens is 226 g/mol. The van der Waals surface area contributed by atoms with Crippen molar-refractivity contribution in [2.24, 2.45) is 0 Å². The fourth-order valence-electron chi connectivity index (χ4n) is 1.99. The van der Waals surface area contributed by atoms with Gasteiger partial charge >= 0.3 is 5.97 Å². The lowest BCUT2D eigenvalue weighted by molar-refractivity contribution is -0.149. The Balaban J connectivity index is 2.12. The Morgan fingerprint density at radius 3 is 3.06 bits per heavy atom. The van der Waals surface area contributed by atoms with Crippen molar-refractivity contribution in [1.82, 2.24) is 4.90 Å². The van der Waals surface area contributed by atoms with E-state index in [9.17, 15) is 9.90 Å². The summed E-state index contributed by atoms with van der Waals surface area (Å²) in [4.78, 5) is 13.3. The summed E-state index contributed by atoms with van der Waals surface area (Å²) < 4.78 is 4.99. The van der Waals surface area contributed by atoms with Gasteiger partial charge in [0.25, 0.3) is 0 Å². The molecule has 16 heavy (non-hydrogen) atoms. The number of hydrogen-bond acceptors (Lipinski definition) is 4. The molecule has 1 aliphatic rings. The Bertz CT molecular complexity index is 357. The Morgan fingerprint density at radius 1 is 1.75 bits per heavy atom. The number of carbonyl (C=O) groups is 1. The van der Waals surface area contributed by atoms with Crippen LogP contribution >= 0.6 is 11.8 Å². The molecule has 1 aromatic rings. The zero-order valence-electron chi connectivity index (χ0n) is 9.18. The predicted molar refractivity (Wildman–Crippen MR) is 62.5 cm³/mol. The third-order valence-corrected chi connectivity index (χ3v) is 4.30. The molecule has 0 radical (unpaired) electrons. The number of thioether (sulfide) groups is 1. The van der Waals surface area contributed by atoms with Crippen LogP contribution in [-0.2, 0) is 11.3 Å². The molecule has 88 valence electrons. The van der Waals surface area contributed by atoms with Gasteiger partial charge in [0, 0.05) is 17.9 Å². The molecule has 5 heteroatoms. The molecule has 0 bridgehead atoms. The summed E-state index contributed by atoms with van der Waals surface area (Å²) in [5.41, 5.74) is 0.308. The van der Waals surface area contributed by atoms with Crippen molar-refractivity contribution in [3.05, 3.63) is 24.2 Å². The highest BCUT2D eigenvalue weighted by molar-refractivity contribution is 7.99. The van der Waals surface area contributed by atoms with Gasteiger partial charge in [-0.05, 0) is 25.3 Å². The average Bonchev–Trinajstić information content (AvgIpc) is 2.87. The highest BCUT2D eigenvalue weighted by Gasteiger charge is 2.45. The highest BCUT2D eigenvalue weighted by atomic mass is 32.2. The van der Waals surface area contributed by atoms with Crippen molar-refractivity contribution in [1.29, 1.82) is 0 Å². The molecule has 1 atom stereocenters. The van der Waals surface area contributed by atoms with E-state index in [2.05, 4.69) is 0 Å². The fraction of sp³-hybridized carbons (Fsp3) is 0.545. The number of carboxylic acids is 1. The molecule has 1 saturated heterocycles. The number of nitrogens with zero attached hydrogens (tertiary/aromatic N) is 1. The number of aliphatic carboxylic acids is 1. The number of hydrogen-bond donors (Lipinski definition) is 1. The largest absolute Gasteiger partial charge is 0.480 e. The van der Waals surface area contributed by atoms with E-state index in [-0.39, 0.29) is 0 Å². The second kappa shape index (κ2) is 4.51. The van der Waals surface area contributed by atoms with E-state index in [4.69, 9.17) is 4.42 Å². The third-order valence-electron chi connectivity index (χ3n) is 3.13. The maximum absolute atomic E-state index is 11.4. The van der Waals surface area contributed by atoms with Gasteiger partial charge < -0.3 is 9.52 Å². The van der Waals surface area contributed by atoms with Gasteiger partial charge in [-0.25, -0.2) is 0 Å². The highest BCUT2D eigenvalue weighted by Crippen LogP contribution is 2.33. The van der Waals surface area contributed by atoms with E-state index >= 15 is 0 Å². The minimum Gasteiger partial charge on any atom is -0.480 e. The first-order valence-corrected chi connectivity index (χ1v) is 6.34. The average molecular weight is 241 g/mol. The minimum absolute atomic E-state index is 0.614. The topological polar surface area (TPSA) is 53.7 Å².